The molecule has 10 nitrogen and oxygen atoms in total. The van der Waals surface area contributed by atoms with Crippen LogP contribution in [0.1, 0.15) is 19.4 Å². The number of benzene rings is 2. The number of aliphatic hydroxyl groups is 1. The molecule has 5 rings (SSSR count). The highest BCUT2D eigenvalue weighted by Gasteiger charge is 2.30. The Balaban J connectivity index is 1.39. The van der Waals surface area contributed by atoms with E-state index in [0.29, 0.717) is 42.0 Å². The minimum absolute atomic E-state index is 0.0537. The van der Waals surface area contributed by atoms with Crippen LogP contribution in [0.5, 0.6) is 5.75 Å². The fraction of sp³-hybridized carbons (Fsp3) is 0.379. The molecule has 1 saturated heterocycles. The number of halogens is 2. The van der Waals surface area contributed by atoms with Gasteiger partial charge in [0.2, 0.25) is 11.9 Å². The summed E-state index contributed by atoms with van der Waals surface area (Å²) < 4.78 is 33.8. The van der Waals surface area contributed by atoms with E-state index in [4.69, 9.17) is 0 Å². The van der Waals surface area contributed by atoms with E-state index < -0.39 is 12.5 Å². The molecule has 1 aliphatic rings. The molecule has 41 heavy (non-hydrogen) atoms. The highest BCUT2D eigenvalue weighted by molar-refractivity contribution is 5.84. The molecule has 0 saturated carbocycles. The van der Waals surface area contributed by atoms with Gasteiger partial charge < -0.3 is 19.6 Å². The number of carbonyl (C=O) groups is 1. The van der Waals surface area contributed by atoms with Gasteiger partial charge in [-0.2, -0.15) is 8.78 Å². The van der Waals surface area contributed by atoms with E-state index in [1.807, 2.05) is 24.0 Å². The van der Waals surface area contributed by atoms with E-state index in [-0.39, 0.29) is 36.4 Å². The van der Waals surface area contributed by atoms with Crippen LogP contribution in [-0.4, -0.2) is 74.1 Å². The summed E-state index contributed by atoms with van der Waals surface area (Å²) in [4.78, 5) is 38.5. The van der Waals surface area contributed by atoms with Crippen molar-refractivity contribution in [3.05, 3.63) is 70.8 Å². The lowest BCUT2D eigenvalue weighted by Gasteiger charge is -2.40. The molecular weight excluding hydrogens is 534 g/mol. The number of alkyl halides is 2. The lowest BCUT2D eigenvalue weighted by atomic mass is 10.1. The number of anilines is 1. The Morgan fingerprint density at radius 1 is 1.12 bits per heavy atom. The molecule has 1 aliphatic heterocycles. The highest BCUT2D eigenvalue weighted by atomic mass is 19.3. The summed E-state index contributed by atoms with van der Waals surface area (Å²) in [5, 5.41) is 9.84. The molecule has 0 bridgehead atoms. The number of aromatic nitrogens is 4. The molecule has 216 valence electrons. The van der Waals surface area contributed by atoms with Crippen LogP contribution in [0, 0.1) is 5.92 Å². The first-order chi connectivity index (χ1) is 19.7. The zero-order valence-electron chi connectivity index (χ0n) is 23.1. The second-order valence-corrected chi connectivity index (χ2v) is 10.3. The van der Waals surface area contributed by atoms with E-state index in [2.05, 4.69) is 14.7 Å². The van der Waals surface area contributed by atoms with E-state index in [9.17, 15) is 23.5 Å². The topological polar surface area (TPSA) is 106 Å². The first-order valence-corrected chi connectivity index (χ1v) is 13.4. The lowest BCUT2D eigenvalue weighted by molar-refractivity contribution is -0.138. The SMILES string of the molecule is CC(CO)C(=O)N1CCN(c2ncc(-c3ccc4c(=O)n(C)n(Cc5ccccc5OC(F)F)c4c3)cn2)CC1C. The van der Waals surface area contributed by atoms with Gasteiger partial charge in [-0.15, -0.1) is 0 Å². The fourth-order valence-electron chi connectivity index (χ4n) is 5.21. The van der Waals surface area contributed by atoms with Crippen molar-refractivity contribution in [3.63, 3.8) is 0 Å². The second-order valence-electron chi connectivity index (χ2n) is 10.3. The molecule has 4 aromatic rings. The Labute approximate surface area is 235 Å². The summed E-state index contributed by atoms with van der Waals surface area (Å²) >= 11 is 0. The highest BCUT2D eigenvalue weighted by Crippen LogP contribution is 2.27. The number of hydrogen-bond donors (Lipinski definition) is 1. The molecule has 1 fully saturated rings. The van der Waals surface area contributed by atoms with Gasteiger partial charge in [-0.25, -0.2) is 9.97 Å². The molecule has 2 unspecified atom stereocenters. The maximum absolute atomic E-state index is 13.0. The maximum Gasteiger partial charge on any atom is 0.387 e. The number of para-hydroxylation sites is 1. The normalized spacial score (nSPS) is 16.4. The molecule has 2 aromatic carbocycles. The molecule has 0 aliphatic carbocycles. The number of fused-ring (bicyclic) bond motifs is 1. The number of carbonyl (C=O) groups excluding carboxylic acids is 1. The molecule has 2 aromatic heterocycles. The van der Waals surface area contributed by atoms with Gasteiger partial charge in [0.25, 0.3) is 5.56 Å². The molecule has 3 heterocycles. The number of hydrogen-bond acceptors (Lipinski definition) is 7. The van der Waals surface area contributed by atoms with E-state index >= 15 is 0 Å². The van der Waals surface area contributed by atoms with Gasteiger partial charge in [0.15, 0.2) is 0 Å². The van der Waals surface area contributed by atoms with Crippen LogP contribution in [0.2, 0.25) is 0 Å². The van der Waals surface area contributed by atoms with Gasteiger partial charge in [-0.3, -0.25) is 19.0 Å². The Bertz CT molecular complexity index is 1600. The van der Waals surface area contributed by atoms with Crippen LogP contribution in [0.25, 0.3) is 22.0 Å². The number of nitrogens with zero attached hydrogens (tertiary/aromatic N) is 6. The van der Waals surface area contributed by atoms with Crippen molar-refractivity contribution in [2.24, 2.45) is 13.0 Å². The standard InChI is InChI=1S/C29H32F2N6O4/c1-18(17-38)26(39)36-11-10-35(15-19(36)2)29-32-13-22(14-33-29)20-8-9-23-24(12-20)37(34(3)27(23)40)16-21-6-4-5-7-25(21)41-28(30)31/h4-9,12-14,18-19,28,38H,10-11,15-17H2,1-3H3. The summed E-state index contributed by atoms with van der Waals surface area (Å²) in [6.45, 7) is 2.37. The predicted octanol–water partition coefficient (Wildman–Crippen LogP) is 3.11. The van der Waals surface area contributed by atoms with Crippen molar-refractivity contribution in [1.29, 1.82) is 0 Å². The number of piperazine rings is 1. The average Bonchev–Trinajstić information content (AvgIpc) is 3.21. The van der Waals surface area contributed by atoms with Crippen LogP contribution in [-0.2, 0) is 18.4 Å². The van der Waals surface area contributed by atoms with Crippen molar-refractivity contribution in [2.45, 2.75) is 33.0 Å². The van der Waals surface area contributed by atoms with E-state index in [1.165, 1.54) is 10.7 Å². The van der Waals surface area contributed by atoms with Crippen molar-refractivity contribution >= 4 is 22.8 Å². The summed E-state index contributed by atoms with van der Waals surface area (Å²) in [5.41, 5.74) is 2.49. The van der Waals surface area contributed by atoms with Crippen LogP contribution in [0.3, 0.4) is 0 Å². The first kappa shape index (κ1) is 28.2. The van der Waals surface area contributed by atoms with E-state index in [0.717, 1.165) is 11.1 Å². The lowest BCUT2D eigenvalue weighted by Crippen LogP contribution is -2.55. The van der Waals surface area contributed by atoms with E-state index in [1.54, 1.807) is 60.2 Å². The van der Waals surface area contributed by atoms with Gasteiger partial charge in [0.05, 0.1) is 30.0 Å². The zero-order valence-corrected chi connectivity index (χ0v) is 23.1. The third-order valence-corrected chi connectivity index (χ3v) is 7.53. The number of amides is 1. The molecule has 0 radical (unpaired) electrons. The van der Waals surface area contributed by atoms with Crippen LogP contribution >= 0.6 is 0 Å². The third kappa shape index (κ3) is 5.64. The largest absolute Gasteiger partial charge is 0.434 e. The Morgan fingerprint density at radius 2 is 1.85 bits per heavy atom. The van der Waals surface area contributed by atoms with Crippen LogP contribution in [0.4, 0.5) is 14.7 Å². The molecule has 12 heteroatoms. The molecule has 1 N–H and O–H groups in total. The Kier molecular flexibility index (Phi) is 8.02. The van der Waals surface area contributed by atoms with Crippen LogP contribution in [0.15, 0.2) is 59.7 Å². The first-order valence-electron chi connectivity index (χ1n) is 13.4. The van der Waals surface area contributed by atoms with Crippen LogP contribution < -0.4 is 15.2 Å². The average molecular weight is 567 g/mol. The monoisotopic (exact) mass is 566 g/mol. The maximum atomic E-state index is 13.0. The fourth-order valence-corrected chi connectivity index (χ4v) is 5.21. The minimum atomic E-state index is -2.96. The summed E-state index contributed by atoms with van der Waals surface area (Å²) in [7, 11) is 1.63. The molecule has 1 amide bonds. The Hall–Kier alpha value is -4.32. The molecular formula is C29H32F2N6O4. The van der Waals surface area contributed by atoms with Crippen molar-refractivity contribution in [2.75, 3.05) is 31.1 Å². The summed E-state index contributed by atoms with van der Waals surface area (Å²) in [5.74, 6) is 0.116. The number of ether oxygens (including phenoxy) is 1. The molecule has 0 spiro atoms. The van der Waals surface area contributed by atoms with Crippen molar-refractivity contribution < 1.29 is 23.4 Å². The van der Waals surface area contributed by atoms with Crippen molar-refractivity contribution in [1.82, 2.24) is 24.2 Å². The second kappa shape index (κ2) is 11.7. The van der Waals surface area contributed by atoms with Gasteiger partial charge in [0, 0.05) is 56.2 Å². The van der Waals surface area contributed by atoms with Gasteiger partial charge in [-0.05, 0) is 30.7 Å². The summed E-state index contributed by atoms with van der Waals surface area (Å²) in [6, 6.07) is 11.9. The van der Waals surface area contributed by atoms with Gasteiger partial charge in [-0.1, -0.05) is 31.2 Å². The number of aliphatic hydroxyl groups excluding tert-OH is 1. The predicted molar refractivity (Wildman–Crippen MR) is 150 cm³/mol. The third-order valence-electron chi connectivity index (χ3n) is 7.53. The number of rotatable bonds is 8. The quantitative estimate of drug-likeness (QED) is 0.349. The van der Waals surface area contributed by atoms with Crippen molar-refractivity contribution in [3.8, 4) is 16.9 Å². The van der Waals surface area contributed by atoms with Gasteiger partial charge >= 0.3 is 6.61 Å². The smallest absolute Gasteiger partial charge is 0.387 e. The molecule has 2 atom stereocenters. The zero-order chi connectivity index (χ0) is 29.3. The summed E-state index contributed by atoms with van der Waals surface area (Å²) in [6.07, 6.45) is 3.44. The van der Waals surface area contributed by atoms with Gasteiger partial charge in [0.1, 0.15) is 5.75 Å². The minimum Gasteiger partial charge on any atom is -0.434 e. The Morgan fingerprint density at radius 3 is 2.54 bits per heavy atom.